The highest BCUT2D eigenvalue weighted by Crippen LogP contribution is 2.23. The van der Waals surface area contributed by atoms with Crippen molar-refractivity contribution in [1.29, 1.82) is 0 Å². The second-order valence-corrected chi connectivity index (χ2v) is 5.07. The molecule has 2 aromatic heterocycles. The average Bonchev–Trinajstić information content (AvgIpc) is 2.93. The third-order valence-corrected chi connectivity index (χ3v) is 3.64. The van der Waals surface area contributed by atoms with E-state index in [2.05, 4.69) is 27.3 Å². The second-order valence-electron chi connectivity index (χ2n) is 4.07. The number of nitrogens with zero attached hydrogens (tertiary/aromatic N) is 3. The van der Waals surface area contributed by atoms with Crippen LogP contribution in [0.25, 0.3) is 10.9 Å². The largest absolute Gasteiger partial charge is 0.424 e. The molecule has 0 aliphatic carbocycles. The zero-order valence-corrected chi connectivity index (χ0v) is 11.4. The molecule has 3 aromatic rings. The van der Waals surface area contributed by atoms with Gasteiger partial charge in [-0.2, -0.15) is 0 Å². The summed E-state index contributed by atoms with van der Waals surface area (Å²) in [6.07, 6.45) is 0.770. The van der Waals surface area contributed by atoms with E-state index in [0.29, 0.717) is 17.5 Å². The number of thioether (sulfide) groups is 1. The minimum absolute atomic E-state index is 0.650. The number of fused-ring (bicyclic) bond motifs is 1. The fraction of sp³-hybridized carbons (Fsp3) is 0.214. The molecule has 0 unspecified atom stereocenters. The first-order chi connectivity index (χ1) is 9.35. The molecule has 1 aromatic carbocycles. The van der Waals surface area contributed by atoms with Crippen LogP contribution < -0.4 is 0 Å². The Labute approximate surface area is 115 Å². The van der Waals surface area contributed by atoms with Gasteiger partial charge in [-0.05, 0) is 12.1 Å². The lowest BCUT2D eigenvalue weighted by atomic mass is 10.2. The maximum Gasteiger partial charge on any atom is 0.226 e. The van der Waals surface area contributed by atoms with Crippen LogP contribution in [-0.2, 0) is 12.2 Å². The Morgan fingerprint density at radius 2 is 1.89 bits per heavy atom. The Morgan fingerprint density at radius 1 is 1.05 bits per heavy atom. The highest BCUT2D eigenvalue weighted by Gasteiger charge is 2.06. The predicted molar refractivity (Wildman–Crippen MR) is 75.0 cm³/mol. The molecule has 0 bridgehead atoms. The van der Waals surface area contributed by atoms with Crippen molar-refractivity contribution in [3.63, 3.8) is 0 Å². The third-order valence-electron chi connectivity index (χ3n) is 2.73. The van der Waals surface area contributed by atoms with Gasteiger partial charge in [0.25, 0.3) is 0 Å². The molecule has 0 radical (unpaired) electrons. The first-order valence-corrected chi connectivity index (χ1v) is 7.13. The van der Waals surface area contributed by atoms with E-state index in [1.54, 1.807) is 11.8 Å². The summed E-state index contributed by atoms with van der Waals surface area (Å²) in [5, 5.41) is 10.1. The van der Waals surface area contributed by atoms with Crippen molar-refractivity contribution >= 4 is 22.7 Å². The van der Waals surface area contributed by atoms with E-state index in [-0.39, 0.29) is 0 Å². The lowest BCUT2D eigenvalue weighted by Crippen LogP contribution is -1.85. The van der Waals surface area contributed by atoms with Crippen molar-refractivity contribution in [3.05, 3.63) is 48.2 Å². The predicted octanol–water partition coefficient (Wildman–Crippen LogP) is 3.47. The van der Waals surface area contributed by atoms with Gasteiger partial charge in [-0.3, -0.25) is 0 Å². The van der Waals surface area contributed by atoms with Crippen molar-refractivity contribution in [1.82, 2.24) is 15.2 Å². The molecule has 3 rings (SSSR count). The Morgan fingerprint density at radius 3 is 2.74 bits per heavy atom. The normalized spacial score (nSPS) is 11.0. The first kappa shape index (κ1) is 12.2. The van der Waals surface area contributed by atoms with E-state index in [4.69, 9.17) is 4.42 Å². The van der Waals surface area contributed by atoms with Crippen LogP contribution in [0.15, 0.2) is 45.8 Å². The van der Waals surface area contributed by atoms with E-state index in [1.807, 2.05) is 31.2 Å². The summed E-state index contributed by atoms with van der Waals surface area (Å²) in [4.78, 5) is 4.59. The van der Waals surface area contributed by atoms with E-state index >= 15 is 0 Å². The van der Waals surface area contributed by atoms with Gasteiger partial charge in [0.15, 0.2) is 0 Å². The topological polar surface area (TPSA) is 51.8 Å². The van der Waals surface area contributed by atoms with Gasteiger partial charge in [-0.25, -0.2) is 4.98 Å². The van der Waals surface area contributed by atoms with Crippen LogP contribution in [-0.4, -0.2) is 15.2 Å². The summed E-state index contributed by atoms with van der Waals surface area (Å²) in [6.45, 7) is 2.00. The molecule has 5 heteroatoms. The zero-order valence-electron chi connectivity index (χ0n) is 10.5. The molecule has 0 atom stereocenters. The molecule has 19 heavy (non-hydrogen) atoms. The lowest BCUT2D eigenvalue weighted by Gasteiger charge is -2.00. The lowest BCUT2D eigenvalue weighted by molar-refractivity contribution is 0.470. The molecule has 0 amide bonds. The number of para-hydroxylation sites is 1. The number of aryl methyl sites for hydroxylation is 1. The third kappa shape index (κ3) is 2.76. The summed E-state index contributed by atoms with van der Waals surface area (Å²) in [5.41, 5.74) is 1.01. The number of hydrogen-bond acceptors (Lipinski definition) is 5. The Hall–Kier alpha value is -1.88. The van der Waals surface area contributed by atoms with Crippen LogP contribution in [0.1, 0.15) is 18.7 Å². The van der Waals surface area contributed by atoms with E-state index in [9.17, 15) is 0 Å². The molecule has 2 heterocycles. The summed E-state index contributed by atoms with van der Waals surface area (Å²) in [6, 6.07) is 12.2. The first-order valence-electron chi connectivity index (χ1n) is 6.15. The molecule has 0 fully saturated rings. The highest BCUT2D eigenvalue weighted by atomic mass is 32.2. The molecule has 96 valence electrons. The van der Waals surface area contributed by atoms with Gasteiger partial charge in [-0.15, -0.1) is 10.2 Å². The van der Waals surface area contributed by atoms with Crippen LogP contribution in [0.3, 0.4) is 0 Å². The molecule has 0 N–H and O–H groups in total. The van der Waals surface area contributed by atoms with Gasteiger partial charge in [-0.1, -0.05) is 43.0 Å². The molecular weight excluding hydrogens is 258 g/mol. The maximum atomic E-state index is 5.47. The summed E-state index contributed by atoms with van der Waals surface area (Å²) >= 11 is 1.60. The maximum absolute atomic E-state index is 5.47. The number of benzene rings is 1. The van der Waals surface area contributed by atoms with Crippen LogP contribution in [0.2, 0.25) is 0 Å². The van der Waals surface area contributed by atoms with E-state index in [0.717, 1.165) is 22.3 Å². The minimum Gasteiger partial charge on any atom is -0.424 e. The standard InChI is InChI=1S/C14H13N3OS/c1-2-12-16-17-13(18-12)9-19-14-8-7-10-5-3-4-6-11(10)15-14/h3-8H,2,9H2,1H3. The Balaban J connectivity index is 1.74. The van der Waals surface area contributed by atoms with Gasteiger partial charge in [0.2, 0.25) is 11.8 Å². The van der Waals surface area contributed by atoms with Crippen molar-refractivity contribution in [2.75, 3.05) is 0 Å². The van der Waals surface area contributed by atoms with Crippen molar-refractivity contribution in [2.24, 2.45) is 0 Å². The Bertz CT molecular complexity index is 696. The van der Waals surface area contributed by atoms with Gasteiger partial charge in [0, 0.05) is 11.8 Å². The van der Waals surface area contributed by atoms with Gasteiger partial charge >= 0.3 is 0 Å². The molecule has 0 aliphatic heterocycles. The molecule has 0 aliphatic rings. The fourth-order valence-corrected chi connectivity index (χ4v) is 2.47. The van der Waals surface area contributed by atoms with Crippen molar-refractivity contribution in [3.8, 4) is 0 Å². The van der Waals surface area contributed by atoms with Gasteiger partial charge in [0.1, 0.15) is 0 Å². The molecular formula is C14H13N3OS. The highest BCUT2D eigenvalue weighted by molar-refractivity contribution is 7.98. The molecule has 4 nitrogen and oxygen atoms in total. The van der Waals surface area contributed by atoms with Crippen LogP contribution in [0.4, 0.5) is 0 Å². The molecule has 0 saturated carbocycles. The second kappa shape index (κ2) is 5.40. The number of hydrogen-bond donors (Lipinski definition) is 0. The SMILES string of the molecule is CCc1nnc(CSc2ccc3ccccc3n2)o1. The number of pyridine rings is 1. The number of rotatable bonds is 4. The summed E-state index contributed by atoms with van der Waals surface area (Å²) in [5.74, 6) is 1.98. The Kier molecular flexibility index (Phi) is 3.46. The van der Waals surface area contributed by atoms with Crippen LogP contribution in [0, 0.1) is 0 Å². The summed E-state index contributed by atoms with van der Waals surface area (Å²) < 4.78 is 5.47. The van der Waals surface area contributed by atoms with E-state index in [1.165, 1.54) is 0 Å². The monoisotopic (exact) mass is 271 g/mol. The quantitative estimate of drug-likeness (QED) is 0.680. The smallest absolute Gasteiger partial charge is 0.226 e. The summed E-state index contributed by atoms with van der Waals surface area (Å²) in [7, 11) is 0. The van der Waals surface area contributed by atoms with Crippen LogP contribution >= 0.6 is 11.8 Å². The van der Waals surface area contributed by atoms with Crippen molar-refractivity contribution < 1.29 is 4.42 Å². The fourth-order valence-electron chi connectivity index (χ4n) is 1.75. The molecule has 0 spiro atoms. The van der Waals surface area contributed by atoms with E-state index < -0.39 is 0 Å². The number of aromatic nitrogens is 3. The molecule has 0 saturated heterocycles. The van der Waals surface area contributed by atoms with Gasteiger partial charge < -0.3 is 4.42 Å². The van der Waals surface area contributed by atoms with Crippen LogP contribution in [0.5, 0.6) is 0 Å². The van der Waals surface area contributed by atoms with Gasteiger partial charge in [0.05, 0.1) is 16.3 Å². The van der Waals surface area contributed by atoms with Crippen molar-refractivity contribution in [2.45, 2.75) is 24.1 Å². The zero-order chi connectivity index (χ0) is 13.1. The minimum atomic E-state index is 0.650. The average molecular weight is 271 g/mol.